The van der Waals surface area contributed by atoms with Crippen molar-refractivity contribution in [3.63, 3.8) is 0 Å². The van der Waals surface area contributed by atoms with Crippen molar-refractivity contribution in [1.82, 2.24) is 4.90 Å². The van der Waals surface area contributed by atoms with Gasteiger partial charge in [-0.3, -0.25) is 9.10 Å². The Bertz CT molecular complexity index is 1290. The van der Waals surface area contributed by atoms with E-state index in [-0.39, 0.29) is 18.3 Å². The van der Waals surface area contributed by atoms with Crippen LogP contribution in [0.3, 0.4) is 0 Å². The normalized spacial score (nSPS) is 20.5. The fraction of sp³-hybridized carbons (Fsp3) is 0.423. The fourth-order valence-electron chi connectivity index (χ4n) is 4.69. The lowest BCUT2D eigenvalue weighted by Gasteiger charge is -2.41. The molecule has 2 unspecified atom stereocenters. The van der Waals surface area contributed by atoms with Crippen LogP contribution in [0.15, 0.2) is 36.4 Å². The van der Waals surface area contributed by atoms with E-state index in [1.807, 2.05) is 6.92 Å². The van der Waals surface area contributed by atoms with E-state index in [1.54, 1.807) is 33.5 Å². The van der Waals surface area contributed by atoms with E-state index in [9.17, 15) is 18.7 Å². The summed E-state index contributed by atoms with van der Waals surface area (Å²) in [5, 5.41) is 10.3. The van der Waals surface area contributed by atoms with Crippen LogP contribution < -0.4 is 13.8 Å². The summed E-state index contributed by atoms with van der Waals surface area (Å²) in [6.07, 6.45) is 2.08. The number of rotatable bonds is 6. The first kappa shape index (κ1) is 26.1. The molecule has 2 aliphatic rings. The van der Waals surface area contributed by atoms with Gasteiger partial charge >= 0.3 is 0 Å². The molecule has 2 aliphatic heterocycles. The first-order valence-electron chi connectivity index (χ1n) is 11.7. The second kappa shape index (κ2) is 10.2. The van der Waals surface area contributed by atoms with Crippen LogP contribution in [0.4, 0.5) is 10.1 Å². The number of amides is 1. The number of carbonyl (C=O) groups is 1. The highest BCUT2D eigenvalue weighted by Crippen LogP contribution is 2.43. The Labute approximate surface area is 216 Å². The number of benzene rings is 2. The summed E-state index contributed by atoms with van der Waals surface area (Å²) in [5.74, 6) is 4.01. The molecule has 2 aromatic carbocycles. The number of nitriles is 1. The van der Waals surface area contributed by atoms with E-state index in [0.29, 0.717) is 61.2 Å². The van der Waals surface area contributed by atoms with Crippen molar-refractivity contribution < 1.29 is 22.9 Å². The molecule has 0 aliphatic carbocycles. The first-order valence-corrected chi connectivity index (χ1v) is 14.2. The van der Waals surface area contributed by atoms with Crippen LogP contribution >= 0.6 is 11.6 Å². The Kier molecular flexibility index (Phi) is 7.39. The summed E-state index contributed by atoms with van der Waals surface area (Å²) in [4.78, 5) is 15.2. The maximum atomic E-state index is 13.5. The molecule has 0 spiro atoms. The maximum Gasteiger partial charge on any atom is 0.265 e. The Hall–Kier alpha value is -2.96. The van der Waals surface area contributed by atoms with Gasteiger partial charge in [0.15, 0.2) is 6.10 Å². The van der Waals surface area contributed by atoms with Crippen molar-refractivity contribution in [3.05, 3.63) is 52.8 Å². The Morgan fingerprint density at radius 2 is 2.00 bits per heavy atom. The Morgan fingerprint density at radius 1 is 1.33 bits per heavy atom. The monoisotopic (exact) mass is 533 g/mol. The predicted molar refractivity (Wildman–Crippen MR) is 140 cm³/mol. The lowest BCUT2D eigenvalue weighted by molar-refractivity contribution is -0.140. The number of halogens is 2. The molecule has 192 valence electrons. The Balaban J connectivity index is 1.51. The molecule has 0 aromatic heterocycles. The average Bonchev–Trinajstić information content (AvgIpc) is 2.85. The van der Waals surface area contributed by atoms with E-state index in [1.165, 1.54) is 18.4 Å². The molecule has 7 nitrogen and oxygen atoms in total. The number of carbonyl (C=O) groups excluding carboxylic acids is 1. The van der Waals surface area contributed by atoms with Gasteiger partial charge in [-0.25, -0.2) is 8.60 Å². The minimum absolute atomic E-state index is 0.0600. The molecule has 36 heavy (non-hydrogen) atoms. The molecule has 4 rings (SSSR count). The summed E-state index contributed by atoms with van der Waals surface area (Å²) in [6, 6.07) is 11.8. The zero-order valence-corrected chi connectivity index (χ0v) is 21.9. The number of ether oxygens (including phenoxy) is 2. The van der Waals surface area contributed by atoms with Gasteiger partial charge in [0.05, 0.1) is 35.3 Å². The molecule has 0 bridgehead atoms. The van der Waals surface area contributed by atoms with Crippen LogP contribution in [-0.4, -0.2) is 59.5 Å². The van der Waals surface area contributed by atoms with Crippen molar-refractivity contribution in [2.24, 2.45) is 5.41 Å². The topological polar surface area (TPSA) is 82.9 Å². The van der Waals surface area contributed by atoms with Gasteiger partial charge in [-0.15, -0.1) is 0 Å². The van der Waals surface area contributed by atoms with Crippen LogP contribution in [0.25, 0.3) is 0 Å². The zero-order valence-electron chi connectivity index (χ0n) is 20.3. The van der Waals surface area contributed by atoms with Crippen LogP contribution in [0.5, 0.6) is 11.5 Å². The van der Waals surface area contributed by atoms with Gasteiger partial charge in [0.2, 0.25) is 0 Å². The van der Waals surface area contributed by atoms with Gasteiger partial charge in [0.1, 0.15) is 17.3 Å². The van der Waals surface area contributed by atoms with E-state index in [4.69, 9.17) is 21.1 Å². The standard InChI is InChI=1S/C26H29ClFN3O4S/c1-4-34-22-14-23-21(13-20(22)27)31(36(2,3)33)16-24(35-23)25(32)30-11-9-26(17-29,10-12-30)15-18-5-7-19(28)8-6-18/h5-8,13-14,24H,2,4,9-12,15-16H2,1,3H3. The van der Waals surface area contributed by atoms with E-state index >= 15 is 0 Å². The van der Waals surface area contributed by atoms with Gasteiger partial charge in [0.25, 0.3) is 5.91 Å². The Morgan fingerprint density at radius 3 is 2.58 bits per heavy atom. The van der Waals surface area contributed by atoms with Crippen molar-refractivity contribution >= 4 is 38.8 Å². The van der Waals surface area contributed by atoms with E-state index in [2.05, 4.69) is 11.9 Å². The molecular formula is C26H29ClFN3O4S. The third-order valence-corrected chi connectivity index (χ3v) is 8.22. The second-order valence-electron chi connectivity index (χ2n) is 9.33. The van der Waals surface area contributed by atoms with Crippen molar-refractivity contribution in [3.8, 4) is 17.6 Å². The SMILES string of the molecule is C=S(C)(=O)N1CC(C(=O)N2CCC(C#N)(Cc3ccc(F)cc3)CC2)Oc2cc(OCC)c(Cl)cc21. The summed E-state index contributed by atoms with van der Waals surface area (Å²) in [6.45, 7) is 3.06. The zero-order chi connectivity index (χ0) is 26.1. The molecule has 10 heteroatoms. The van der Waals surface area contributed by atoms with Gasteiger partial charge in [-0.1, -0.05) is 23.7 Å². The summed E-state index contributed by atoms with van der Waals surface area (Å²) >= 11 is 6.34. The number of hydrogen-bond acceptors (Lipinski definition) is 5. The molecule has 0 radical (unpaired) electrons. The van der Waals surface area contributed by atoms with Gasteiger partial charge < -0.3 is 14.4 Å². The minimum atomic E-state index is -2.73. The van der Waals surface area contributed by atoms with Crippen molar-refractivity contribution in [1.29, 1.82) is 5.26 Å². The number of likely N-dealkylation sites (tertiary alicyclic amines) is 1. The highest BCUT2D eigenvalue weighted by molar-refractivity contribution is 8.00. The summed E-state index contributed by atoms with van der Waals surface area (Å²) in [7, 11) is -2.73. The molecular weight excluding hydrogens is 505 g/mol. The second-order valence-corrected chi connectivity index (χ2v) is 12.1. The summed E-state index contributed by atoms with van der Waals surface area (Å²) in [5.41, 5.74) is 0.753. The molecule has 1 amide bonds. The number of fused-ring (bicyclic) bond motifs is 1. The highest BCUT2D eigenvalue weighted by atomic mass is 35.5. The number of nitrogens with zero attached hydrogens (tertiary/aromatic N) is 3. The summed E-state index contributed by atoms with van der Waals surface area (Å²) < 4.78 is 39.5. The van der Waals surface area contributed by atoms with Crippen molar-refractivity contribution in [2.75, 3.05) is 36.8 Å². The molecule has 0 saturated carbocycles. The minimum Gasteiger partial charge on any atom is -0.492 e. The number of anilines is 1. The highest BCUT2D eigenvalue weighted by Gasteiger charge is 2.41. The molecule has 1 fully saturated rings. The first-order chi connectivity index (χ1) is 17.0. The largest absolute Gasteiger partial charge is 0.492 e. The number of hydrogen-bond donors (Lipinski definition) is 0. The molecule has 1 saturated heterocycles. The molecule has 2 aromatic rings. The van der Waals surface area contributed by atoms with Crippen LogP contribution in [0.2, 0.25) is 5.02 Å². The van der Waals surface area contributed by atoms with Crippen LogP contribution in [-0.2, 0) is 20.9 Å². The van der Waals surface area contributed by atoms with Crippen LogP contribution in [0.1, 0.15) is 25.3 Å². The third kappa shape index (κ3) is 5.40. The molecule has 2 heterocycles. The third-order valence-electron chi connectivity index (χ3n) is 6.65. The van der Waals surface area contributed by atoms with Gasteiger partial charge in [0, 0.05) is 35.1 Å². The van der Waals surface area contributed by atoms with Crippen LogP contribution in [0, 0.1) is 22.6 Å². The lowest BCUT2D eigenvalue weighted by atomic mass is 9.75. The average molecular weight is 534 g/mol. The fourth-order valence-corrected chi connectivity index (χ4v) is 5.92. The quantitative estimate of drug-likeness (QED) is 0.522. The van der Waals surface area contributed by atoms with Gasteiger partial charge in [-0.2, -0.15) is 5.26 Å². The smallest absolute Gasteiger partial charge is 0.265 e. The van der Waals surface area contributed by atoms with Crippen molar-refractivity contribution in [2.45, 2.75) is 32.3 Å². The predicted octanol–water partition coefficient (Wildman–Crippen LogP) is 4.08. The lowest BCUT2D eigenvalue weighted by Crippen LogP contribution is -2.54. The molecule has 0 N–H and O–H groups in total. The number of piperidine rings is 1. The van der Waals surface area contributed by atoms with Gasteiger partial charge in [-0.05, 0) is 55.8 Å². The maximum absolute atomic E-state index is 13.5. The van der Waals surface area contributed by atoms with E-state index < -0.39 is 21.2 Å². The molecule has 2 atom stereocenters. The van der Waals surface area contributed by atoms with E-state index in [0.717, 1.165) is 5.56 Å².